The Kier molecular flexibility index (Phi) is 9.17. The highest BCUT2D eigenvalue weighted by Gasteiger charge is 2.22. The minimum atomic E-state index is -1.15. The van der Waals surface area contributed by atoms with Crippen molar-refractivity contribution in [3.8, 4) is 0 Å². The number of allylic oxidation sites excluding steroid dienone is 1. The molecule has 0 aliphatic carbocycles. The molecule has 0 spiro atoms. The Morgan fingerprint density at radius 1 is 1.00 bits per heavy atom. The van der Waals surface area contributed by atoms with E-state index < -0.39 is 30.1 Å². The van der Waals surface area contributed by atoms with Crippen LogP contribution in [0.4, 0.5) is 0 Å². The zero-order valence-electron chi connectivity index (χ0n) is 12.8. The molecule has 1 N–H and O–H groups in total. The molecule has 22 heavy (non-hydrogen) atoms. The van der Waals surface area contributed by atoms with Gasteiger partial charge in [-0.3, -0.25) is 9.59 Å². The van der Waals surface area contributed by atoms with Crippen LogP contribution in [0.1, 0.15) is 26.7 Å². The van der Waals surface area contributed by atoms with E-state index in [9.17, 15) is 19.2 Å². The zero-order valence-corrected chi connectivity index (χ0v) is 12.8. The summed E-state index contributed by atoms with van der Waals surface area (Å²) in [7, 11) is 0. The van der Waals surface area contributed by atoms with Crippen molar-refractivity contribution in [3.63, 3.8) is 0 Å². The summed E-state index contributed by atoms with van der Waals surface area (Å²) >= 11 is 0. The first-order chi connectivity index (χ1) is 10.3. The quantitative estimate of drug-likeness (QED) is 0.382. The molecule has 0 aromatic rings. The predicted molar refractivity (Wildman–Crippen MR) is 78.8 cm³/mol. The fraction of sp³-hybridized carbons (Fsp3) is 0.467. The molecule has 0 heterocycles. The number of ketones is 1. The maximum Gasteiger partial charge on any atom is 0.417 e. The van der Waals surface area contributed by atoms with Gasteiger partial charge in [0.2, 0.25) is 5.91 Å². The van der Waals surface area contributed by atoms with Crippen molar-refractivity contribution in [3.05, 3.63) is 25.3 Å². The standard InChI is InChI=1S/C15H21NO6/c1-5-12(17)8-7-10(3)21-14(19)15(20)22-11(4)9-16-13(18)6-2/h5-6,10-11H,1-2,7-9H2,3-4H3,(H,16,18). The smallest absolute Gasteiger partial charge is 0.417 e. The molecule has 0 aromatic heterocycles. The van der Waals surface area contributed by atoms with Gasteiger partial charge in [-0.25, -0.2) is 9.59 Å². The number of ether oxygens (including phenoxy) is 2. The van der Waals surface area contributed by atoms with Gasteiger partial charge in [-0.2, -0.15) is 0 Å². The predicted octanol–water partition coefficient (Wildman–Crippen LogP) is 0.687. The van der Waals surface area contributed by atoms with Crippen molar-refractivity contribution in [2.24, 2.45) is 0 Å². The Hall–Kier alpha value is -2.44. The van der Waals surface area contributed by atoms with Gasteiger partial charge in [-0.1, -0.05) is 13.2 Å². The Labute approximate surface area is 129 Å². The van der Waals surface area contributed by atoms with E-state index in [1.807, 2.05) is 0 Å². The highest BCUT2D eigenvalue weighted by Crippen LogP contribution is 2.04. The van der Waals surface area contributed by atoms with Crippen LogP contribution in [-0.4, -0.2) is 42.4 Å². The molecule has 0 radical (unpaired) electrons. The Bertz CT molecular complexity index is 415. The second-order valence-corrected chi connectivity index (χ2v) is 4.59. The van der Waals surface area contributed by atoms with Gasteiger partial charge in [0, 0.05) is 6.42 Å². The number of hydrogen-bond acceptors (Lipinski definition) is 6. The van der Waals surface area contributed by atoms with Gasteiger partial charge in [0.1, 0.15) is 12.2 Å². The number of hydrogen-bond donors (Lipinski definition) is 1. The largest absolute Gasteiger partial charge is 0.454 e. The summed E-state index contributed by atoms with van der Waals surface area (Å²) in [4.78, 5) is 45.0. The summed E-state index contributed by atoms with van der Waals surface area (Å²) in [5, 5.41) is 2.42. The summed E-state index contributed by atoms with van der Waals surface area (Å²) in [5.74, 6) is -2.87. The van der Waals surface area contributed by atoms with E-state index in [0.717, 1.165) is 6.08 Å². The van der Waals surface area contributed by atoms with Crippen molar-refractivity contribution < 1.29 is 28.7 Å². The zero-order chi connectivity index (χ0) is 17.1. The van der Waals surface area contributed by atoms with Crippen LogP contribution in [0.5, 0.6) is 0 Å². The lowest BCUT2D eigenvalue weighted by Gasteiger charge is -2.15. The molecule has 122 valence electrons. The summed E-state index contributed by atoms with van der Waals surface area (Å²) in [6, 6.07) is 0. The maximum atomic E-state index is 11.5. The molecule has 0 fully saturated rings. The molecular weight excluding hydrogens is 290 g/mol. The SMILES string of the molecule is C=CC(=O)CCC(C)OC(=O)C(=O)OC(C)CNC(=O)C=C. The van der Waals surface area contributed by atoms with Crippen molar-refractivity contribution in [1.29, 1.82) is 0 Å². The Balaban J connectivity index is 4.12. The summed E-state index contributed by atoms with van der Waals surface area (Å²) < 4.78 is 9.66. The molecule has 0 aliphatic rings. The first-order valence-corrected chi connectivity index (χ1v) is 6.77. The molecule has 2 atom stereocenters. The van der Waals surface area contributed by atoms with Crippen LogP contribution in [-0.2, 0) is 28.7 Å². The van der Waals surface area contributed by atoms with Crippen LogP contribution in [0.25, 0.3) is 0 Å². The third-order valence-corrected chi connectivity index (χ3v) is 2.56. The van der Waals surface area contributed by atoms with Gasteiger partial charge in [-0.05, 0) is 32.4 Å². The van der Waals surface area contributed by atoms with Crippen molar-refractivity contribution in [2.75, 3.05) is 6.54 Å². The van der Waals surface area contributed by atoms with Crippen LogP contribution in [0.2, 0.25) is 0 Å². The molecule has 7 nitrogen and oxygen atoms in total. The topological polar surface area (TPSA) is 98.8 Å². The minimum Gasteiger partial charge on any atom is -0.454 e. The van der Waals surface area contributed by atoms with E-state index in [1.54, 1.807) is 6.92 Å². The fourth-order valence-corrected chi connectivity index (χ4v) is 1.33. The fourth-order valence-electron chi connectivity index (χ4n) is 1.33. The molecule has 2 unspecified atom stereocenters. The number of carbonyl (C=O) groups is 4. The van der Waals surface area contributed by atoms with Crippen molar-refractivity contribution in [2.45, 2.75) is 38.9 Å². The van der Waals surface area contributed by atoms with E-state index in [2.05, 4.69) is 18.5 Å². The molecule has 0 aromatic carbocycles. The van der Waals surface area contributed by atoms with Crippen LogP contribution in [0.3, 0.4) is 0 Å². The van der Waals surface area contributed by atoms with Gasteiger partial charge >= 0.3 is 11.9 Å². The Morgan fingerprint density at radius 2 is 1.55 bits per heavy atom. The first-order valence-electron chi connectivity index (χ1n) is 6.77. The second-order valence-electron chi connectivity index (χ2n) is 4.59. The van der Waals surface area contributed by atoms with Crippen molar-refractivity contribution >= 4 is 23.6 Å². The van der Waals surface area contributed by atoms with E-state index in [4.69, 9.17) is 9.47 Å². The highest BCUT2D eigenvalue weighted by atomic mass is 16.6. The van der Waals surface area contributed by atoms with E-state index >= 15 is 0 Å². The number of amides is 1. The number of rotatable bonds is 9. The Morgan fingerprint density at radius 3 is 2.05 bits per heavy atom. The average molecular weight is 311 g/mol. The molecule has 0 saturated carbocycles. The van der Waals surface area contributed by atoms with Crippen molar-refractivity contribution in [1.82, 2.24) is 5.32 Å². The van der Waals surface area contributed by atoms with Crippen LogP contribution >= 0.6 is 0 Å². The molecule has 0 rings (SSSR count). The molecule has 7 heteroatoms. The monoisotopic (exact) mass is 311 g/mol. The normalized spacial score (nSPS) is 12.5. The lowest BCUT2D eigenvalue weighted by molar-refractivity contribution is -0.173. The van der Waals surface area contributed by atoms with Crippen LogP contribution < -0.4 is 5.32 Å². The molecule has 0 saturated heterocycles. The molecular formula is C15H21NO6. The molecule has 0 aliphatic heterocycles. The van der Waals surface area contributed by atoms with Crippen LogP contribution in [0.15, 0.2) is 25.3 Å². The second kappa shape index (κ2) is 10.3. The van der Waals surface area contributed by atoms with E-state index in [1.165, 1.54) is 13.0 Å². The number of carbonyl (C=O) groups excluding carboxylic acids is 4. The molecule has 1 amide bonds. The maximum absolute atomic E-state index is 11.5. The summed E-state index contributed by atoms with van der Waals surface area (Å²) in [6.07, 6.45) is 1.43. The van der Waals surface area contributed by atoms with E-state index in [0.29, 0.717) is 0 Å². The highest BCUT2D eigenvalue weighted by molar-refractivity contribution is 6.29. The third kappa shape index (κ3) is 8.68. The summed E-state index contributed by atoms with van der Waals surface area (Å²) in [6.45, 7) is 9.73. The summed E-state index contributed by atoms with van der Waals surface area (Å²) in [5.41, 5.74) is 0. The lowest BCUT2D eigenvalue weighted by Crippen LogP contribution is -2.35. The number of nitrogens with one attached hydrogen (secondary N) is 1. The minimum absolute atomic E-state index is 0.0489. The van der Waals surface area contributed by atoms with E-state index in [-0.39, 0.29) is 25.2 Å². The molecule has 0 bridgehead atoms. The van der Waals surface area contributed by atoms with Gasteiger partial charge in [0.05, 0.1) is 6.54 Å². The lowest BCUT2D eigenvalue weighted by atomic mass is 10.1. The average Bonchev–Trinajstić information content (AvgIpc) is 2.49. The van der Waals surface area contributed by atoms with Gasteiger partial charge in [0.15, 0.2) is 5.78 Å². The third-order valence-electron chi connectivity index (χ3n) is 2.56. The van der Waals surface area contributed by atoms with Gasteiger partial charge in [-0.15, -0.1) is 0 Å². The van der Waals surface area contributed by atoms with Gasteiger partial charge in [0.25, 0.3) is 0 Å². The van der Waals surface area contributed by atoms with Gasteiger partial charge < -0.3 is 14.8 Å². The van der Waals surface area contributed by atoms with Crippen LogP contribution in [0, 0.1) is 0 Å². The number of esters is 2. The first kappa shape index (κ1) is 19.6.